The normalized spacial score (nSPS) is 13.5. The Morgan fingerprint density at radius 3 is 1.31 bits per heavy atom. The Morgan fingerprint density at radius 2 is 0.939 bits per heavy atom. The van der Waals surface area contributed by atoms with Gasteiger partial charge in [-0.2, -0.15) is 0 Å². The molecule has 0 spiro atoms. The van der Waals surface area contributed by atoms with E-state index in [1.54, 1.807) is 0 Å². The van der Waals surface area contributed by atoms with E-state index < -0.39 is 25.9 Å². The fourth-order valence-electron chi connectivity index (χ4n) is 5.64. The van der Waals surface area contributed by atoms with Crippen LogP contribution in [0.2, 0.25) is 0 Å². The highest BCUT2D eigenvalue weighted by Crippen LogP contribution is 2.44. The van der Waals surface area contributed by atoms with Gasteiger partial charge in [0.2, 0.25) is 0 Å². The van der Waals surface area contributed by atoms with Crippen LogP contribution in [0.25, 0.3) is 0 Å². The maximum atomic E-state index is 12.3. The van der Waals surface area contributed by atoms with Crippen LogP contribution in [0.1, 0.15) is 194 Å². The van der Waals surface area contributed by atoms with Gasteiger partial charge in [0.1, 0.15) is 19.3 Å². The number of carbonyl (C=O) groups excluding carboxylic acids is 2. The van der Waals surface area contributed by atoms with Crippen molar-refractivity contribution in [1.29, 1.82) is 0 Å². The van der Waals surface area contributed by atoms with E-state index in [0.717, 1.165) is 51.4 Å². The summed E-state index contributed by atoms with van der Waals surface area (Å²) in [5.74, 6) is -0.827. The van der Waals surface area contributed by atoms with E-state index in [4.69, 9.17) is 24.3 Å². The molecule has 9 nitrogen and oxygen atoms in total. The van der Waals surface area contributed by atoms with E-state index in [1.807, 2.05) is 0 Å². The molecule has 0 rings (SSSR count). The number of phosphoric ester groups is 1. The van der Waals surface area contributed by atoms with Crippen LogP contribution in [0, 0.1) is 0 Å². The second-order valence-corrected chi connectivity index (χ2v) is 14.9. The number of ether oxygens (including phenoxy) is 2. The van der Waals surface area contributed by atoms with Crippen LogP contribution in [-0.4, -0.2) is 49.3 Å². The predicted octanol–water partition coefficient (Wildman–Crippen LogP) is 11.1. The van der Waals surface area contributed by atoms with Crippen molar-refractivity contribution in [1.82, 2.24) is 0 Å². The first-order valence-corrected chi connectivity index (χ1v) is 21.7. The van der Waals surface area contributed by atoms with Gasteiger partial charge in [-0.05, 0) is 38.5 Å². The van der Waals surface area contributed by atoms with Gasteiger partial charge in [-0.3, -0.25) is 18.6 Å². The molecule has 0 bridgehead atoms. The molecule has 10 heteroatoms. The molecule has 0 aromatic carbocycles. The maximum Gasteiger partial charge on any atom is 0.472 e. The second kappa shape index (κ2) is 36.5. The molecular formula is C39H76NO8P. The van der Waals surface area contributed by atoms with Gasteiger partial charge in [-0.15, -0.1) is 0 Å². The first-order valence-electron chi connectivity index (χ1n) is 20.2. The summed E-state index contributed by atoms with van der Waals surface area (Å²) < 4.78 is 32.9. The summed E-state index contributed by atoms with van der Waals surface area (Å²) in [6, 6.07) is 0. The zero-order valence-corrected chi connectivity index (χ0v) is 32.6. The van der Waals surface area contributed by atoms with E-state index >= 15 is 0 Å². The molecule has 0 saturated heterocycles. The number of rotatable bonds is 38. The highest BCUT2D eigenvalue weighted by molar-refractivity contribution is 7.47. The van der Waals surface area contributed by atoms with Gasteiger partial charge in [0.05, 0.1) is 6.61 Å². The molecule has 0 aliphatic carbocycles. The molecular weight excluding hydrogens is 641 g/mol. The third-order valence-electron chi connectivity index (χ3n) is 8.64. The summed E-state index contributed by atoms with van der Waals surface area (Å²) in [4.78, 5) is 34.7. The van der Waals surface area contributed by atoms with E-state index in [9.17, 15) is 19.0 Å². The fourth-order valence-corrected chi connectivity index (χ4v) is 6.53. The Labute approximate surface area is 300 Å². The van der Waals surface area contributed by atoms with Gasteiger partial charge in [-0.25, -0.2) is 4.57 Å². The summed E-state index contributed by atoms with van der Waals surface area (Å²) in [6.07, 6.45) is 35.1. The van der Waals surface area contributed by atoms with E-state index in [2.05, 4.69) is 26.0 Å². The first kappa shape index (κ1) is 47.8. The molecule has 0 amide bonds. The molecule has 0 aromatic heterocycles. The zero-order valence-electron chi connectivity index (χ0n) is 31.7. The topological polar surface area (TPSA) is 134 Å². The van der Waals surface area contributed by atoms with Crippen LogP contribution < -0.4 is 5.73 Å². The minimum atomic E-state index is -4.46. The minimum absolute atomic E-state index is 0.0393. The van der Waals surface area contributed by atoms with Crippen molar-refractivity contribution >= 4 is 19.8 Å². The number of hydrogen-bond acceptors (Lipinski definition) is 8. The van der Waals surface area contributed by atoms with Crippen LogP contribution in [0.4, 0.5) is 0 Å². The van der Waals surface area contributed by atoms with Crippen LogP contribution in [0.3, 0.4) is 0 Å². The molecule has 49 heavy (non-hydrogen) atoms. The molecule has 3 N–H and O–H groups in total. The molecule has 2 unspecified atom stereocenters. The van der Waals surface area contributed by atoms with Crippen LogP contribution in [-0.2, 0) is 32.7 Å². The highest BCUT2D eigenvalue weighted by Gasteiger charge is 2.28. The number of unbranched alkanes of at least 4 members (excludes halogenated alkanes) is 23. The lowest BCUT2D eigenvalue weighted by atomic mass is 10.0. The first-order chi connectivity index (χ1) is 23.8. The third-order valence-corrected chi connectivity index (χ3v) is 9.72. The predicted molar refractivity (Wildman–Crippen MR) is 201 cm³/mol. The average molecular weight is 718 g/mol. The van der Waals surface area contributed by atoms with E-state index in [-0.39, 0.29) is 39.2 Å². The van der Waals surface area contributed by atoms with Crippen LogP contribution in [0.5, 0.6) is 0 Å². The monoisotopic (exact) mass is 718 g/mol. The van der Waals surface area contributed by atoms with Crippen molar-refractivity contribution in [2.24, 2.45) is 5.73 Å². The average Bonchev–Trinajstić information content (AvgIpc) is 3.08. The van der Waals surface area contributed by atoms with Crippen molar-refractivity contribution in [3.05, 3.63) is 12.2 Å². The highest BCUT2D eigenvalue weighted by atomic mass is 31.2. The summed E-state index contributed by atoms with van der Waals surface area (Å²) >= 11 is 0. The van der Waals surface area contributed by atoms with Gasteiger partial charge < -0.3 is 20.1 Å². The van der Waals surface area contributed by atoms with Crippen molar-refractivity contribution in [3.63, 3.8) is 0 Å². The summed E-state index contributed by atoms with van der Waals surface area (Å²) in [5.41, 5.74) is 5.36. The second-order valence-electron chi connectivity index (χ2n) is 13.5. The van der Waals surface area contributed by atoms with Crippen LogP contribution in [0.15, 0.2) is 12.2 Å². The third kappa shape index (κ3) is 36.3. The van der Waals surface area contributed by atoms with Gasteiger partial charge in [0.15, 0.2) is 0 Å². The number of phosphoric acid groups is 1. The standard InChI is InChI=1S/C39H76NO8P/c1-3-5-7-9-11-13-15-17-18-20-22-24-26-28-30-32-39(42)46-36-37(48-49(43,44)47-34-33-40)35-45-38(41)31-29-27-25-23-21-19-16-14-12-10-8-6-4-2/h17-18,37H,3-16,19-36,40H2,1-2H3,(H,43,44). The van der Waals surface area contributed by atoms with Crippen molar-refractivity contribution in [2.75, 3.05) is 26.4 Å². The molecule has 290 valence electrons. The lowest BCUT2D eigenvalue weighted by Crippen LogP contribution is -2.28. The van der Waals surface area contributed by atoms with Gasteiger partial charge in [0, 0.05) is 19.4 Å². The van der Waals surface area contributed by atoms with Gasteiger partial charge in [-0.1, -0.05) is 154 Å². The maximum absolute atomic E-state index is 12.3. The number of carbonyl (C=O) groups is 2. The van der Waals surface area contributed by atoms with E-state index in [0.29, 0.717) is 6.42 Å². The van der Waals surface area contributed by atoms with Crippen molar-refractivity contribution < 1.29 is 37.6 Å². The summed E-state index contributed by atoms with van der Waals surface area (Å²) in [7, 11) is -4.46. The minimum Gasteiger partial charge on any atom is -0.463 e. The number of nitrogens with two attached hydrogens (primary N) is 1. The van der Waals surface area contributed by atoms with Gasteiger partial charge in [0.25, 0.3) is 0 Å². The molecule has 0 aliphatic rings. The Morgan fingerprint density at radius 1 is 0.592 bits per heavy atom. The lowest BCUT2D eigenvalue weighted by Gasteiger charge is -2.20. The van der Waals surface area contributed by atoms with Crippen molar-refractivity contribution in [2.45, 2.75) is 200 Å². The lowest BCUT2D eigenvalue weighted by molar-refractivity contribution is -0.152. The molecule has 0 heterocycles. The quantitative estimate of drug-likeness (QED) is 0.0277. The Bertz CT molecular complexity index is 825. The SMILES string of the molecule is CCCCCCCCC=CCCCCCCCC(=O)OCC(COC(=O)CCCCCCCCCCCCCCC)OP(=O)(O)OCCN. The molecule has 0 fully saturated rings. The molecule has 0 aromatic rings. The zero-order chi connectivity index (χ0) is 36.1. The number of allylic oxidation sites excluding steroid dienone is 2. The smallest absolute Gasteiger partial charge is 0.463 e. The van der Waals surface area contributed by atoms with E-state index in [1.165, 1.54) is 109 Å². The Balaban J connectivity index is 4.12. The molecule has 0 aliphatic heterocycles. The Hall–Kier alpha value is -1.25. The molecule has 2 atom stereocenters. The molecule has 0 saturated carbocycles. The van der Waals surface area contributed by atoms with Crippen molar-refractivity contribution in [3.8, 4) is 0 Å². The summed E-state index contributed by atoms with van der Waals surface area (Å²) in [6.45, 7) is 3.74. The largest absolute Gasteiger partial charge is 0.472 e. The molecule has 0 radical (unpaired) electrons. The van der Waals surface area contributed by atoms with Gasteiger partial charge >= 0.3 is 19.8 Å². The number of esters is 2. The Kier molecular flexibility index (Phi) is 35.6. The van der Waals surface area contributed by atoms with Crippen LogP contribution >= 0.6 is 7.82 Å². The fraction of sp³-hybridized carbons (Fsp3) is 0.897. The summed E-state index contributed by atoms with van der Waals surface area (Å²) in [5, 5.41) is 0. The number of hydrogen-bond donors (Lipinski definition) is 2.